The van der Waals surface area contributed by atoms with Gasteiger partial charge >= 0.3 is 10.3 Å². The fraction of sp³-hybridized carbons (Fsp3) is 0.333. The predicted molar refractivity (Wildman–Crippen MR) is 136 cm³/mol. The summed E-state index contributed by atoms with van der Waals surface area (Å²) in [6.07, 6.45) is 0.413. The van der Waals surface area contributed by atoms with Gasteiger partial charge in [0.25, 0.3) is 0 Å². The second-order valence-electron chi connectivity index (χ2n) is 9.01. The van der Waals surface area contributed by atoms with Crippen molar-refractivity contribution in [2.45, 2.75) is 39.8 Å². The van der Waals surface area contributed by atoms with Crippen molar-refractivity contribution in [2.75, 3.05) is 11.8 Å². The molecule has 0 aliphatic rings. The quantitative estimate of drug-likeness (QED) is 0.314. The zero-order chi connectivity index (χ0) is 25.8. The third kappa shape index (κ3) is 7.25. The summed E-state index contributed by atoms with van der Waals surface area (Å²) in [5.41, 5.74) is 2.58. The lowest BCUT2D eigenvalue weighted by molar-refractivity contribution is -0.129. The van der Waals surface area contributed by atoms with Crippen LogP contribution in [-0.2, 0) is 28.1 Å². The average Bonchev–Trinajstić information content (AvgIpc) is 3.27. The fourth-order valence-electron chi connectivity index (χ4n) is 3.32. The van der Waals surface area contributed by atoms with Crippen molar-refractivity contribution in [3.8, 4) is 17.0 Å². The SMILES string of the molecule is COc1ccc(-c2csc([C@H](Cc3ccc(NS(=O)(=O)O)cc3)NC(=O)C(C)(C)C)n2)c(CO)c1. The van der Waals surface area contributed by atoms with E-state index in [1.54, 1.807) is 31.4 Å². The Kier molecular flexibility index (Phi) is 8.16. The van der Waals surface area contributed by atoms with Crippen LogP contribution in [-0.4, -0.2) is 36.1 Å². The molecule has 11 heteroatoms. The molecule has 0 saturated carbocycles. The van der Waals surface area contributed by atoms with Gasteiger partial charge in [-0.15, -0.1) is 11.3 Å². The number of carbonyl (C=O) groups is 1. The number of hydrogen-bond donors (Lipinski definition) is 4. The van der Waals surface area contributed by atoms with Crippen LogP contribution >= 0.6 is 11.3 Å². The summed E-state index contributed by atoms with van der Waals surface area (Å²) >= 11 is 1.40. The van der Waals surface area contributed by atoms with Gasteiger partial charge < -0.3 is 15.2 Å². The summed E-state index contributed by atoms with van der Waals surface area (Å²) in [5, 5.41) is 15.5. The van der Waals surface area contributed by atoms with Crippen LogP contribution < -0.4 is 14.8 Å². The lowest BCUT2D eigenvalue weighted by atomic mass is 9.94. The van der Waals surface area contributed by atoms with Crippen LogP contribution in [0.1, 0.15) is 42.9 Å². The Hall–Kier alpha value is -2.99. The smallest absolute Gasteiger partial charge is 0.357 e. The highest BCUT2D eigenvalue weighted by molar-refractivity contribution is 7.87. The van der Waals surface area contributed by atoms with Gasteiger partial charge in [0.15, 0.2) is 0 Å². The van der Waals surface area contributed by atoms with Crippen LogP contribution in [0.2, 0.25) is 0 Å². The molecule has 1 heterocycles. The van der Waals surface area contributed by atoms with Gasteiger partial charge in [0.1, 0.15) is 10.8 Å². The Bertz CT molecular complexity index is 1280. The van der Waals surface area contributed by atoms with Crippen LogP contribution in [0.15, 0.2) is 47.8 Å². The van der Waals surface area contributed by atoms with E-state index >= 15 is 0 Å². The monoisotopic (exact) mass is 519 g/mol. The molecule has 2 aromatic carbocycles. The van der Waals surface area contributed by atoms with Gasteiger partial charge in [-0.25, -0.2) is 4.98 Å². The van der Waals surface area contributed by atoms with Gasteiger partial charge in [0.05, 0.1) is 31.1 Å². The highest BCUT2D eigenvalue weighted by atomic mass is 32.2. The van der Waals surface area contributed by atoms with Crippen molar-refractivity contribution >= 4 is 33.2 Å². The summed E-state index contributed by atoms with van der Waals surface area (Å²) in [6, 6.07) is 11.5. The Balaban J connectivity index is 1.91. The molecule has 0 radical (unpaired) electrons. The zero-order valence-corrected chi connectivity index (χ0v) is 21.5. The van der Waals surface area contributed by atoms with Gasteiger partial charge in [0.2, 0.25) is 5.91 Å². The Labute approximate surface area is 209 Å². The molecule has 4 N–H and O–H groups in total. The van der Waals surface area contributed by atoms with Crippen LogP contribution in [0.5, 0.6) is 5.75 Å². The molecule has 3 aromatic rings. The molecule has 0 spiro atoms. The topological polar surface area (TPSA) is 138 Å². The number of methoxy groups -OCH3 is 1. The van der Waals surface area contributed by atoms with E-state index in [0.29, 0.717) is 28.4 Å². The van der Waals surface area contributed by atoms with Crippen molar-refractivity contribution < 1.29 is 27.6 Å². The Morgan fingerprint density at radius 1 is 1.17 bits per heavy atom. The van der Waals surface area contributed by atoms with Crippen molar-refractivity contribution in [3.63, 3.8) is 0 Å². The van der Waals surface area contributed by atoms with E-state index in [2.05, 4.69) is 5.32 Å². The van der Waals surface area contributed by atoms with Gasteiger partial charge in [-0.3, -0.25) is 14.1 Å². The molecule has 1 atom stereocenters. The van der Waals surface area contributed by atoms with Crippen molar-refractivity contribution in [1.29, 1.82) is 0 Å². The fourth-order valence-corrected chi connectivity index (χ4v) is 4.62. The van der Waals surface area contributed by atoms with Crippen LogP contribution in [0.3, 0.4) is 0 Å². The Morgan fingerprint density at radius 3 is 2.43 bits per heavy atom. The molecule has 0 fully saturated rings. The first-order chi connectivity index (χ1) is 16.4. The van der Waals surface area contributed by atoms with E-state index in [4.69, 9.17) is 14.3 Å². The van der Waals surface area contributed by atoms with Gasteiger partial charge in [-0.2, -0.15) is 8.42 Å². The second kappa shape index (κ2) is 10.7. The minimum Gasteiger partial charge on any atom is -0.497 e. The van der Waals surface area contributed by atoms with Crippen molar-refractivity contribution in [1.82, 2.24) is 10.3 Å². The first-order valence-electron chi connectivity index (χ1n) is 10.8. The summed E-state index contributed by atoms with van der Waals surface area (Å²) in [5.74, 6) is 0.500. The van der Waals surface area contributed by atoms with Gasteiger partial charge in [0, 0.05) is 16.4 Å². The number of carbonyl (C=O) groups excluding carboxylic acids is 1. The van der Waals surface area contributed by atoms with Crippen LogP contribution in [0.4, 0.5) is 5.69 Å². The lowest BCUT2D eigenvalue weighted by Crippen LogP contribution is -2.38. The number of aliphatic hydroxyl groups excluding tert-OH is 1. The number of hydrogen-bond acceptors (Lipinski definition) is 7. The number of thiazole rings is 1. The number of ether oxygens (including phenoxy) is 1. The molecular formula is C24H29N3O6S2. The van der Waals surface area contributed by atoms with E-state index in [9.17, 15) is 18.3 Å². The molecule has 0 unspecified atom stereocenters. The predicted octanol–water partition coefficient (Wildman–Crippen LogP) is 3.97. The molecule has 35 heavy (non-hydrogen) atoms. The molecule has 0 bridgehead atoms. The molecule has 188 valence electrons. The summed E-state index contributed by atoms with van der Waals surface area (Å²) in [4.78, 5) is 17.6. The number of aliphatic hydroxyl groups is 1. The molecule has 3 rings (SSSR count). The number of amides is 1. The normalized spacial score (nSPS) is 12.7. The van der Waals surface area contributed by atoms with Crippen molar-refractivity contribution in [2.24, 2.45) is 5.41 Å². The van der Waals surface area contributed by atoms with E-state index in [0.717, 1.165) is 11.1 Å². The summed E-state index contributed by atoms with van der Waals surface area (Å²) in [6.45, 7) is 5.31. The maximum Gasteiger partial charge on any atom is 0.357 e. The third-order valence-corrected chi connectivity index (χ3v) is 6.66. The maximum absolute atomic E-state index is 12.8. The van der Waals surface area contributed by atoms with Gasteiger partial charge in [-0.05, 0) is 47.9 Å². The van der Waals surface area contributed by atoms with E-state index in [1.807, 2.05) is 36.9 Å². The van der Waals surface area contributed by atoms with Gasteiger partial charge in [-0.1, -0.05) is 32.9 Å². The number of nitrogens with zero attached hydrogens (tertiary/aromatic N) is 1. The molecule has 1 aromatic heterocycles. The lowest BCUT2D eigenvalue weighted by Gasteiger charge is -2.23. The molecule has 0 aliphatic heterocycles. The summed E-state index contributed by atoms with van der Waals surface area (Å²) in [7, 11) is -2.80. The van der Waals surface area contributed by atoms with E-state index in [-0.39, 0.29) is 18.2 Å². The first kappa shape index (κ1) is 26.6. The third-order valence-electron chi connectivity index (χ3n) is 5.21. The number of anilines is 1. The van der Waals surface area contributed by atoms with Crippen LogP contribution in [0.25, 0.3) is 11.3 Å². The second-order valence-corrected chi connectivity index (χ2v) is 11.1. The molecule has 1 amide bonds. The zero-order valence-electron chi connectivity index (χ0n) is 19.9. The van der Waals surface area contributed by atoms with E-state index < -0.39 is 21.8 Å². The number of rotatable bonds is 9. The minimum atomic E-state index is -4.36. The molecule has 9 nitrogen and oxygen atoms in total. The standard InChI is InChI=1S/C24H29N3O6S2/c1-24(2,3)23(29)26-20(11-15-5-7-17(8-6-15)27-35(30,31)32)22-25-21(14-34-22)19-10-9-18(33-4)12-16(19)13-28/h5-10,12,14,20,27-28H,11,13H2,1-4H3,(H,26,29)(H,30,31,32)/t20-/m0/s1. The van der Waals surface area contributed by atoms with Crippen molar-refractivity contribution in [3.05, 3.63) is 64.0 Å². The first-order valence-corrected chi connectivity index (χ1v) is 13.1. The molecule has 0 saturated heterocycles. The number of aromatic nitrogens is 1. The minimum absolute atomic E-state index is 0.135. The van der Waals surface area contributed by atoms with Crippen LogP contribution in [0, 0.1) is 5.41 Å². The molecular weight excluding hydrogens is 490 g/mol. The summed E-state index contributed by atoms with van der Waals surface area (Å²) < 4.78 is 38.3. The maximum atomic E-state index is 12.8. The number of nitrogens with one attached hydrogen (secondary N) is 2. The highest BCUT2D eigenvalue weighted by Gasteiger charge is 2.27. The molecule has 0 aliphatic carbocycles. The van der Waals surface area contributed by atoms with E-state index in [1.165, 1.54) is 23.5 Å². The number of benzene rings is 2. The average molecular weight is 520 g/mol. The Morgan fingerprint density at radius 2 is 1.86 bits per heavy atom. The largest absolute Gasteiger partial charge is 0.497 e. The highest BCUT2D eigenvalue weighted by Crippen LogP contribution is 2.32.